The quantitative estimate of drug-likeness (QED) is 0.399. The molecule has 0 atom stereocenters. The van der Waals surface area contributed by atoms with Crippen molar-refractivity contribution in [2.45, 2.75) is 20.8 Å². The summed E-state index contributed by atoms with van der Waals surface area (Å²) in [6.07, 6.45) is 0. The molecule has 0 fully saturated rings. The van der Waals surface area contributed by atoms with Gasteiger partial charge in [0.15, 0.2) is 5.43 Å². The van der Waals surface area contributed by atoms with Crippen molar-refractivity contribution in [3.8, 4) is 5.69 Å². The Kier molecular flexibility index (Phi) is 4.77. The van der Waals surface area contributed by atoms with Gasteiger partial charge in [0, 0.05) is 40.0 Å². The molecule has 1 heterocycles. The van der Waals surface area contributed by atoms with Crippen LogP contribution in [0.15, 0.2) is 47.3 Å². The lowest BCUT2D eigenvalue weighted by atomic mass is 10.2. The van der Waals surface area contributed by atoms with E-state index in [4.69, 9.17) is 4.74 Å². The molecule has 3 rings (SSSR count). The summed E-state index contributed by atoms with van der Waals surface area (Å²) < 4.78 is 6.93. The van der Waals surface area contributed by atoms with Gasteiger partial charge in [0.1, 0.15) is 5.56 Å². The SMILES string of the molecule is CCOC(=O)c1cc2c(C)n(-c3ccc([N+](=O)[O-])cc3)c(C)c2ccc1=O. The molecule has 7 heteroatoms. The number of carbonyl (C=O) groups is 1. The first-order chi connectivity index (χ1) is 12.8. The van der Waals surface area contributed by atoms with E-state index in [1.54, 1.807) is 31.2 Å². The number of rotatable bonds is 4. The van der Waals surface area contributed by atoms with Crippen LogP contribution in [0, 0.1) is 24.0 Å². The number of nitro groups is 1. The molecular formula is C20H18N2O5. The standard InChI is InChI=1S/C20H18N2O5/c1-4-27-20(24)18-11-17-13(3)21(12(2)16(17)9-10-19(18)23)14-5-7-15(8-6-14)22(25)26/h5-11H,4H2,1-3H3. The van der Waals surface area contributed by atoms with Crippen LogP contribution in [-0.4, -0.2) is 22.1 Å². The van der Waals surface area contributed by atoms with Crippen molar-refractivity contribution in [1.82, 2.24) is 4.57 Å². The van der Waals surface area contributed by atoms with Crippen LogP contribution in [0.3, 0.4) is 0 Å². The van der Waals surface area contributed by atoms with Crippen molar-refractivity contribution in [1.29, 1.82) is 0 Å². The molecule has 0 aliphatic heterocycles. The van der Waals surface area contributed by atoms with E-state index in [0.29, 0.717) is 0 Å². The summed E-state index contributed by atoms with van der Waals surface area (Å²) in [7, 11) is 0. The molecule has 138 valence electrons. The molecule has 0 radical (unpaired) electrons. The number of nitrogens with zero attached hydrogens (tertiary/aromatic N) is 2. The van der Waals surface area contributed by atoms with E-state index >= 15 is 0 Å². The zero-order valence-electron chi connectivity index (χ0n) is 15.2. The first-order valence-corrected chi connectivity index (χ1v) is 8.43. The van der Waals surface area contributed by atoms with Gasteiger partial charge in [0.25, 0.3) is 5.69 Å². The number of aryl methyl sites for hydroxylation is 2. The molecule has 0 saturated heterocycles. The molecule has 27 heavy (non-hydrogen) atoms. The number of aromatic nitrogens is 1. The fraction of sp³-hybridized carbons (Fsp3) is 0.200. The van der Waals surface area contributed by atoms with Gasteiger partial charge in [-0.3, -0.25) is 14.9 Å². The van der Waals surface area contributed by atoms with Crippen molar-refractivity contribution in [2.75, 3.05) is 6.61 Å². The Morgan fingerprint density at radius 2 is 1.70 bits per heavy atom. The molecule has 0 aliphatic carbocycles. The smallest absolute Gasteiger partial charge is 0.342 e. The lowest BCUT2D eigenvalue weighted by Gasteiger charge is -2.09. The molecule has 7 nitrogen and oxygen atoms in total. The minimum absolute atomic E-state index is 0.0118. The average Bonchev–Trinajstić information content (AvgIpc) is 2.77. The van der Waals surface area contributed by atoms with Crippen LogP contribution in [0.2, 0.25) is 0 Å². The minimum atomic E-state index is -0.653. The summed E-state index contributed by atoms with van der Waals surface area (Å²) in [5, 5.41) is 12.4. The topological polar surface area (TPSA) is 91.4 Å². The van der Waals surface area contributed by atoms with Crippen molar-refractivity contribution < 1.29 is 14.5 Å². The third kappa shape index (κ3) is 3.19. The number of fused-ring (bicyclic) bond motifs is 1. The van der Waals surface area contributed by atoms with Crippen LogP contribution < -0.4 is 5.43 Å². The highest BCUT2D eigenvalue weighted by molar-refractivity contribution is 5.96. The maximum absolute atomic E-state index is 12.2. The van der Waals surface area contributed by atoms with Gasteiger partial charge >= 0.3 is 5.97 Å². The first-order valence-electron chi connectivity index (χ1n) is 8.43. The highest BCUT2D eigenvalue weighted by atomic mass is 16.6. The van der Waals surface area contributed by atoms with Crippen molar-refractivity contribution in [2.24, 2.45) is 0 Å². The Morgan fingerprint density at radius 3 is 2.30 bits per heavy atom. The van der Waals surface area contributed by atoms with Gasteiger partial charge in [0.2, 0.25) is 0 Å². The molecule has 0 amide bonds. The van der Waals surface area contributed by atoms with Crippen LogP contribution in [0.5, 0.6) is 0 Å². The van der Waals surface area contributed by atoms with E-state index in [2.05, 4.69) is 0 Å². The third-order valence-electron chi connectivity index (χ3n) is 4.51. The van der Waals surface area contributed by atoms with Gasteiger partial charge < -0.3 is 9.30 Å². The van der Waals surface area contributed by atoms with Crippen molar-refractivity contribution in [3.63, 3.8) is 0 Å². The van der Waals surface area contributed by atoms with E-state index in [-0.39, 0.29) is 17.9 Å². The number of benzene rings is 1. The van der Waals surface area contributed by atoms with Gasteiger partial charge in [-0.05, 0) is 51.1 Å². The average molecular weight is 366 g/mol. The minimum Gasteiger partial charge on any atom is -0.462 e. The third-order valence-corrected chi connectivity index (χ3v) is 4.51. The fourth-order valence-corrected chi connectivity index (χ4v) is 3.22. The second-order valence-electron chi connectivity index (χ2n) is 6.08. The number of non-ortho nitro benzene ring substituents is 1. The first kappa shape index (κ1) is 18.3. The zero-order valence-corrected chi connectivity index (χ0v) is 15.2. The number of nitro benzene ring substituents is 1. The normalized spacial score (nSPS) is 10.8. The van der Waals surface area contributed by atoms with Crippen LogP contribution in [0.1, 0.15) is 28.7 Å². The predicted molar refractivity (Wildman–Crippen MR) is 102 cm³/mol. The summed E-state index contributed by atoms with van der Waals surface area (Å²) >= 11 is 0. The van der Waals surface area contributed by atoms with E-state index in [9.17, 15) is 19.7 Å². The Morgan fingerprint density at radius 1 is 1.07 bits per heavy atom. The lowest BCUT2D eigenvalue weighted by molar-refractivity contribution is -0.384. The van der Waals surface area contributed by atoms with Crippen LogP contribution in [0.25, 0.3) is 16.5 Å². The Labute approximate surface area is 155 Å². The maximum Gasteiger partial charge on any atom is 0.342 e. The van der Waals surface area contributed by atoms with E-state index < -0.39 is 16.3 Å². The number of hydrogen-bond acceptors (Lipinski definition) is 5. The Bertz CT molecular complexity index is 1110. The van der Waals surface area contributed by atoms with Gasteiger partial charge in [-0.15, -0.1) is 0 Å². The van der Waals surface area contributed by atoms with Crippen molar-refractivity contribution in [3.05, 3.63) is 79.8 Å². The monoisotopic (exact) mass is 366 g/mol. The zero-order chi connectivity index (χ0) is 19.7. The molecule has 1 aromatic heterocycles. The predicted octanol–water partition coefficient (Wildman–Crippen LogP) is 3.69. The van der Waals surface area contributed by atoms with Crippen molar-refractivity contribution >= 4 is 22.4 Å². The number of ether oxygens (including phenoxy) is 1. The second-order valence-corrected chi connectivity index (χ2v) is 6.08. The van der Waals surface area contributed by atoms with Crippen LogP contribution in [0.4, 0.5) is 5.69 Å². The molecule has 2 aromatic carbocycles. The lowest BCUT2D eigenvalue weighted by Crippen LogP contribution is -2.14. The fourth-order valence-electron chi connectivity index (χ4n) is 3.22. The van der Waals surface area contributed by atoms with Gasteiger partial charge in [-0.2, -0.15) is 0 Å². The summed E-state index contributed by atoms with van der Waals surface area (Å²) in [4.78, 5) is 34.8. The van der Waals surface area contributed by atoms with Crippen LogP contribution >= 0.6 is 0 Å². The Balaban J connectivity index is 2.25. The van der Waals surface area contributed by atoms with Gasteiger partial charge in [-0.25, -0.2) is 4.79 Å². The molecule has 0 saturated carbocycles. The van der Waals surface area contributed by atoms with Gasteiger partial charge in [-0.1, -0.05) is 0 Å². The van der Waals surface area contributed by atoms with Crippen LogP contribution in [-0.2, 0) is 4.74 Å². The number of hydrogen-bond donors (Lipinski definition) is 0. The summed E-state index contributed by atoms with van der Waals surface area (Å²) in [5.74, 6) is -0.653. The maximum atomic E-state index is 12.2. The number of esters is 1. The number of carbonyl (C=O) groups excluding carboxylic acids is 1. The molecule has 3 aromatic rings. The molecule has 0 spiro atoms. The molecule has 0 N–H and O–H groups in total. The van der Waals surface area contributed by atoms with E-state index in [0.717, 1.165) is 27.8 Å². The van der Waals surface area contributed by atoms with E-state index in [1.165, 1.54) is 18.2 Å². The van der Waals surface area contributed by atoms with Gasteiger partial charge in [0.05, 0.1) is 11.5 Å². The second kappa shape index (κ2) is 7.03. The summed E-state index contributed by atoms with van der Waals surface area (Å²) in [5.41, 5.74) is 2.03. The Hall–Kier alpha value is -3.48. The molecule has 0 unspecified atom stereocenters. The highest BCUT2D eigenvalue weighted by Gasteiger charge is 2.17. The largest absolute Gasteiger partial charge is 0.462 e. The highest BCUT2D eigenvalue weighted by Crippen LogP contribution is 2.29. The van der Waals surface area contributed by atoms with E-state index in [1.807, 2.05) is 18.4 Å². The summed E-state index contributed by atoms with van der Waals surface area (Å²) in [6.45, 7) is 5.63. The summed E-state index contributed by atoms with van der Waals surface area (Å²) in [6, 6.07) is 10.8. The molecule has 0 aliphatic rings. The molecular weight excluding hydrogens is 348 g/mol. The molecule has 0 bridgehead atoms.